The predicted molar refractivity (Wildman–Crippen MR) is 63.1 cm³/mol. The van der Waals surface area contributed by atoms with E-state index in [9.17, 15) is 4.79 Å². The van der Waals surface area contributed by atoms with Gasteiger partial charge in [-0.3, -0.25) is 4.79 Å². The fraction of sp³-hybridized carbons (Fsp3) is 0.364. The molecule has 0 aromatic heterocycles. The first-order valence-electron chi connectivity index (χ1n) is 4.78. The van der Waals surface area contributed by atoms with Crippen molar-refractivity contribution in [2.24, 2.45) is 0 Å². The van der Waals surface area contributed by atoms with Gasteiger partial charge in [-0.15, -0.1) is 0 Å². The first kappa shape index (κ1) is 15.7. The van der Waals surface area contributed by atoms with Crippen LogP contribution in [0.1, 0.15) is 16.8 Å². The van der Waals surface area contributed by atoms with Crippen molar-refractivity contribution in [2.75, 3.05) is 20.6 Å². The molecule has 0 aliphatic heterocycles. The maximum atomic E-state index is 11.7. The van der Waals surface area contributed by atoms with Gasteiger partial charge in [0.2, 0.25) is 0 Å². The maximum absolute atomic E-state index is 11.7. The van der Waals surface area contributed by atoms with Crippen molar-refractivity contribution >= 4 is 29.0 Å². The number of halogens is 3. The minimum atomic E-state index is 0. The fourth-order valence-electron chi connectivity index (χ4n) is 1.21. The van der Waals surface area contributed by atoms with E-state index < -0.39 is 0 Å². The van der Waals surface area contributed by atoms with Gasteiger partial charge in [0, 0.05) is 10.6 Å². The van der Waals surface area contributed by atoms with Crippen molar-refractivity contribution in [3.63, 3.8) is 0 Å². The van der Waals surface area contributed by atoms with Gasteiger partial charge in [-0.05, 0) is 18.2 Å². The molecule has 0 heterocycles. The second-order valence-corrected chi connectivity index (χ2v) is 4.60. The van der Waals surface area contributed by atoms with Crippen molar-refractivity contribution < 1.29 is 22.1 Å². The summed E-state index contributed by atoms with van der Waals surface area (Å²) in [5.41, 5.74) is 0.558. The molecule has 1 N–H and O–H groups in total. The lowest BCUT2D eigenvalue weighted by Crippen LogP contribution is -3.05. The molecule has 0 amide bonds. The summed E-state index contributed by atoms with van der Waals surface area (Å²) in [7, 11) is 4.02. The highest BCUT2D eigenvalue weighted by Gasteiger charge is 2.11. The number of hydrogen-bond donors (Lipinski definition) is 1. The van der Waals surface area contributed by atoms with Gasteiger partial charge in [0.05, 0.1) is 32.1 Å². The largest absolute Gasteiger partial charge is 1.00 e. The third-order valence-electron chi connectivity index (χ3n) is 2.08. The van der Waals surface area contributed by atoms with Gasteiger partial charge < -0.3 is 17.3 Å². The molecule has 0 aliphatic rings. The molecule has 0 saturated carbocycles. The monoisotopic (exact) mass is 281 g/mol. The first-order chi connectivity index (χ1) is 7.00. The third kappa shape index (κ3) is 4.71. The van der Waals surface area contributed by atoms with Crippen LogP contribution < -0.4 is 17.3 Å². The molecule has 5 heteroatoms. The van der Waals surface area contributed by atoms with E-state index >= 15 is 0 Å². The normalized spacial score (nSPS) is 10.1. The highest BCUT2D eigenvalue weighted by atomic mass is 35.5. The SMILES string of the molecule is C[NH+](C)CCC(=O)c1ccc(Cl)cc1Cl.[Cl-]. The van der Waals surface area contributed by atoms with Gasteiger partial charge in [0.25, 0.3) is 0 Å². The van der Waals surface area contributed by atoms with Crippen molar-refractivity contribution in [3.8, 4) is 0 Å². The Morgan fingerprint density at radius 2 is 1.94 bits per heavy atom. The lowest BCUT2D eigenvalue weighted by atomic mass is 10.1. The highest BCUT2D eigenvalue weighted by molar-refractivity contribution is 6.36. The molecule has 0 bridgehead atoms. The van der Waals surface area contributed by atoms with Crippen molar-refractivity contribution in [3.05, 3.63) is 33.8 Å². The second kappa shape index (κ2) is 7.13. The smallest absolute Gasteiger partial charge is 0.169 e. The molecule has 1 rings (SSSR count). The van der Waals surface area contributed by atoms with Gasteiger partial charge in [-0.2, -0.15) is 0 Å². The van der Waals surface area contributed by atoms with Gasteiger partial charge in [-0.1, -0.05) is 23.2 Å². The Kier molecular flexibility index (Phi) is 7.00. The van der Waals surface area contributed by atoms with Gasteiger partial charge in [0.1, 0.15) is 0 Å². The number of nitrogens with one attached hydrogen (secondary N) is 1. The number of rotatable bonds is 4. The zero-order chi connectivity index (χ0) is 11.4. The van der Waals surface area contributed by atoms with Gasteiger partial charge >= 0.3 is 0 Å². The summed E-state index contributed by atoms with van der Waals surface area (Å²) in [6.07, 6.45) is 0.504. The second-order valence-electron chi connectivity index (χ2n) is 3.75. The Balaban J connectivity index is 0.00000225. The minimum absolute atomic E-state index is 0. The number of carbonyl (C=O) groups is 1. The molecule has 16 heavy (non-hydrogen) atoms. The van der Waals surface area contributed by atoms with E-state index in [1.807, 2.05) is 14.1 Å². The Bertz CT molecular complexity index is 366. The molecule has 0 unspecified atom stereocenters. The topological polar surface area (TPSA) is 21.5 Å². The number of Topliss-reactive ketones (excluding diaryl/α,β-unsaturated/α-hetero) is 1. The van der Waals surface area contributed by atoms with Crippen LogP contribution in [0, 0.1) is 0 Å². The molecule has 0 saturated heterocycles. The minimum Gasteiger partial charge on any atom is -1.00 e. The Hall–Kier alpha value is -0.280. The summed E-state index contributed by atoms with van der Waals surface area (Å²) < 4.78 is 0. The lowest BCUT2D eigenvalue weighted by molar-refractivity contribution is -0.857. The van der Waals surface area contributed by atoms with Crippen LogP contribution in [0.25, 0.3) is 0 Å². The van der Waals surface area contributed by atoms with E-state index in [4.69, 9.17) is 23.2 Å². The molecular formula is C11H14Cl3NO. The number of hydrogen-bond acceptors (Lipinski definition) is 1. The van der Waals surface area contributed by atoms with E-state index in [0.29, 0.717) is 22.0 Å². The fourth-order valence-corrected chi connectivity index (χ4v) is 1.73. The van der Waals surface area contributed by atoms with Crippen molar-refractivity contribution in [1.82, 2.24) is 0 Å². The molecule has 0 radical (unpaired) electrons. The molecule has 0 aliphatic carbocycles. The van der Waals surface area contributed by atoms with E-state index in [-0.39, 0.29) is 18.2 Å². The number of ketones is 1. The number of benzene rings is 1. The summed E-state index contributed by atoms with van der Waals surface area (Å²) in [5, 5.41) is 0.982. The van der Waals surface area contributed by atoms with E-state index in [1.54, 1.807) is 18.2 Å². The first-order valence-corrected chi connectivity index (χ1v) is 5.53. The van der Waals surface area contributed by atoms with E-state index in [2.05, 4.69) is 0 Å². The average Bonchev–Trinajstić information content (AvgIpc) is 2.14. The highest BCUT2D eigenvalue weighted by Crippen LogP contribution is 2.21. The molecule has 0 spiro atoms. The van der Waals surface area contributed by atoms with Crippen LogP contribution in [0.15, 0.2) is 18.2 Å². The van der Waals surface area contributed by atoms with Crippen molar-refractivity contribution in [1.29, 1.82) is 0 Å². The molecule has 1 aromatic rings. The Labute approximate surface area is 112 Å². The Morgan fingerprint density at radius 3 is 2.44 bits per heavy atom. The third-order valence-corrected chi connectivity index (χ3v) is 2.63. The number of quaternary nitrogens is 1. The number of carbonyl (C=O) groups excluding carboxylic acids is 1. The quantitative estimate of drug-likeness (QED) is 0.682. The Morgan fingerprint density at radius 1 is 1.31 bits per heavy atom. The summed E-state index contributed by atoms with van der Waals surface area (Å²) in [5.74, 6) is 0.0675. The van der Waals surface area contributed by atoms with Crippen LogP contribution >= 0.6 is 23.2 Å². The summed E-state index contributed by atoms with van der Waals surface area (Å²) >= 11 is 11.7. The zero-order valence-corrected chi connectivity index (χ0v) is 11.5. The molecule has 1 aromatic carbocycles. The zero-order valence-electron chi connectivity index (χ0n) is 9.19. The van der Waals surface area contributed by atoms with Crippen LogP contribution in [0.2, 0.25) is 10.0 Å². The summed E-state index contributed by atoms with van der Waals surface area (Å²) in [4.78, 5) is 13.0. The maximum Gasteiger partial charge on any atom is 0.169 e. The summed E-state index contributed by atoms with van der Waals surface area (Å²) in [6, 6.07) is 4.96. The molecule has 0 fully saturated rings. The predicted octanol–water partition coefficient (Wildman–Crippen LogP) is -1.29. The van der Waals surface area contributed by atoms with Crippen LogP contribution in [0.4, 0.5) is 0 Å². The van der Waals surface area contributed by atoms with Crippen LogP contribution in [0.5, 0.6) is 0 Å². The molecule has 0 atom stereocenters. The molecule has 2 nitrogen and oxygen atoms in total. The van der Waals surface area contributed by atoms with E-state index in [0.717, 1.165) is 6.54 Å². The van der Waals surface area contributed by atoms with Crippen LogP contribution in [0.3, 0.4) is 0 Å². The van der Waals surface area contributed by atoms with Gasteiger partial charge in [-0.25, -0.2) is 0 Å². The van der Waals surface area contributed by atoms with Gasteiger partial charge in [0.15, 0.2) is 5.78 Å². The molecule has 90 valence electrons. The lowest BCUT2D eigenvalue weighted by Gasteiger charge is -2.07. The van der Waals surface area contributed by atoms with Crippen molar-refractivity contribution in [2.45, 2.75) is 6.42 Å². The molecular weight excluding hydrogens is 268 g/mol. The summed E-state index contributed by atoms with van der Waals surface area (Å²) in [6.45, 7) is 0.803. The average molecular weight is 283 g/mol. The standard InChI is InChI=1S/C11H13Cl2NO.ClH/c1-14(2)6-5-11(15)9-4-3-8(12)7-10(9)13;/h3-4,7H,5-6H2,1-2H3;1H. The van der Waals surface area contributed by atoms with Crippen LogP contribution in [-0.2, 0) is 0 Å². The van der Waals surface area contributed by atoms with Crippen LogP contribution in [-0.4, -0.2) is 26.4 Å². The van der Waals surface area contributed by atoms with E-state index in [1.165, 1.54) is 4.90 Å².